The van der Waals surface area contributed by atoms with Crippen molar-refractivity contribution >= 4 is 15.9 Å². The number of fused-ring (bicyclic) bond motifs is 1. The van der Waals surface area contributed by atoms with Crippen LogP contribution in [0.1, 0.15) is 11.3 Å². The molecule has 1 aliphatic rings. The first-order valence-electron chi connectivity index (χ1n) is 3.25. The molecular weight excluding hydrogens is 210 g/mol. The van der Waals surface area contributed by atoms with Crippen LogP contribution in [0.25, 0.3) is 0 Å². The Kier molecular flexibility index (Phi) is 1.58. The summed E-state index contributed by atoms with van der Waals surface area (Å²) in [5, 5.41) is 11.1. The number of aromatic nitrogens is 1. The normalized spacial score (nSPS) is 15.0. The number of hydrogen-bond donors (Lipinski definition) is 0. The van der Waals surface area contributed by atoms with E-state index in [1.54, 1.807) is 0 Å². The molecule has 0 spiro atoms. The van der Waals surface area contributed by atoms with Crippen molar-refractivity contribution in [3.05, 3.63) is 33.2 Å². The Morgan fingerprint density at radius 3 is 3.18 bits per heavy atom. The highest BCUT2D eigenvalue weighted by molar-refractivity contribution is 9.10. The van der Waals surface area contributed by atoms with E-state index in [1.165, 1.54) is 6.20 Å². The Morgan fingerprint density at radius 1 is 1.55 bits per heavy atom. The van der Waals surface area contributed by atoms with Gasteiger partial charge in [0, 0.05) is 5.56 Å². The summed E-state index contributed by atoms with van der Waals surface area (Å²) in [6.45, 7) is 0.989. The fraction of sp³-hybridized carbons (Fsp3) is 0.286. The minimum Gasteiger partial charge on any atom is -0.618 e. The van der Waals surface area contributed by atoms with E-state index in [9.17, 15) is 5.21 Å². The standard InChI is InChI=1S/C7H6BrNO2/c8-6-1-5-3-11-4-7(5)9(10)2-6/h1-2H,3-4H2. The van der Waals surface area contributed by atoms with Crippen molar-refractivity contribution in [2.75, 3.05) is 0 Å². The Bertz CT molecular complexity index is 301. The van der Waals surface area contributed by atoms with Gasteiger partial charge in [-0.2, -0.15) is 4.73 Å². The van der Waals surface area contributed by atoms with Crippen molar-refractivity contribution < 1.29 is 9.47 Å². The molecular formula is C7H6BrNO2. The topological polar surface area (TPSA) is 36.2 Å². The summed E-state index contributed by atoms with van der Waals surface area (Å²) in [6, 6.07) is 1.91. The van der Waals surface area contributed by atoms with E-state index in [1.807, 2.05) is 6.07 Å². The van der Waals surface area contributed by atoms with Crippen LogP contribution in [0.3, 0.4) is 0 Å². The van der Waals surface area contributed by atoms with E-state index in [0.29, 0.717) is 13.2 Å². The zero-order valence-electron chi connectivity index (χ0n) is 5.71. The van der Waals surface area contributed by atoms with Gasteiger partial charge in [0.15, 0.2) is 6.20 Å². The number of halogens is 1. The molecule has 4 heteroatoms. The van der Waals surface area contributed by atoms with Crippen molar-refractivity contribution in [1.82, 2.24) is 0 Å². The van der Waals surface area contributed by atoms with E-state index in [4.69, 9.17) is 4.74 Å². The van der Waals surface area contributed by atoms with Gasteiger partial charge in [-0.15, -0.1) is 0 Å². The maximum atomic E-state index is 11.1. The Hall–Kier alpha value is -0.610. The van der Waals surface area contributed by atoms with Crippen LogP contribution in [0.4, 0.5) is 0 Å². The van der Waals surface area contributed by atoms with Crippen molar-refractivity contribution in [2.24, 2.45) is 0 Å². The molecule has 0 amide bonds. The quantitative estimate of drug-likeness (QED) is 0.481. The molecule has 0 N–H and O–H groups in total. The second kappa shape index (κ2) is 2.46. The molecule has 1 aromatic rings. The van der Waals surface area contributed by atoms with Crippen molar-refractivity contribution in [2.45, 2.75) is 13.2 Å². The summed E-state index contributed by atoms with van der Waals surface area (Å²) in [6.07, 6.45) is 1.49. The number of pyridine rings is 1. The molecule has 0 saturated carbocycles. The molecule has 0 aromatic carbocycles. The minimum atomic E-state index is 0.437. The highest BCUT2D eigenvalue weighted by atomic mass is 79.9. The van der Waals surface area contributed by atoms with E-state index >= 15 is 0 Å². The zero-order chi connectivity index (χ0) is 7.84. The molecule has 0 atom stereocenters. The molecule has 11 heavy (non-hydrogen) atoms. The molecule has 0 unspecified atom stereocenters. The second-order valence-corrected chi connectivity index (χ2v) is 3.36. The molecule has 3 nitrogen and oxygen atoms in total. The lowest BCUT2D eigenvalue weighted by molar-refractivity contribution is -0.615. The molecule has 1 aliphatic heterocycles. The van der Waals surface area contributed by atoms with Crippen LogP contribution in [-0.4, -0.2) is 0 Å². The third-order valence-corrected chi connectivity index (χ3v) is 2.12. The van der Waals surface area contributed by atoms with E-state index in [2.05, 4.69) is 15.9 Å². The molecule has 0 radical (unpaired) electrons. The maximum Gasteiger partial charge on any atom is 0.224 e. The van der Waals surface area contributed by atoms with Gasteiger partial charge in [-0.3, -0.25) is 0 Å². The largest absolute Gasteiger partial charge is 0.618 e. The first kappa shape index (κ1) is 7.06. The van der Waals surface area contributed by atoms with Crippen molar-refractivity contribution in [3.63, 3.8) is 0 Å². The first-order valence-corrected chi connectivity index (χ1v) is 4.05. The van der Waals surface area contributed by atoms with E-state index in [0.717, 1.165) is 20.5 Å². The molecule has 2 rings (SSSR count). The molecule has 0 aliphatic carbocycles. The molecule has 1 aromatic heterocycles. The van der Waals surface area contributed by atoms with Crippen LogP contribution in [0.5, 0.6) is 0 Å². The van der Waals surface area contributed by atoms with Crippen LogP contribution in [0, 0.1) is 5.21 Å². The summed E-state index contributed by atoms with van der Waals surface area (Å²) >= 11 is 3.24. The third-order valence-electron chi connectivity index (χ3n) is 1.69. The van der Waals surface area contributed by atoms with Gasteiger partial charge in [-0.05, 0) is 22.0 Å². The van der Waals surface area contributed by atoms with Gasteiger partial charge in [-0.25, -0.2) is 0 Å². The summed E-state index contributed by atoms with van der Waals surface area (Å²) in [5.41, 5.74) is 1.71. The van der Waals surface area contributed by atoms with Gasteiger partial charge in [0.1, 0.15) is 6.61 Å². The zero-order valence-corrected chi connectivity index (χ0v) is 7.30. The summed E-state index contributed by atoms with van der Waals surface area (Å²) in [4.78, 5) is 0. The van der Waals surface area contributed by atoms with Gasteiger partial charge in [-0.1, -0.05) is 0 Å². The van der Waals surface area contributed by atoms with Crippen LogP contribution in [0.2, 0.25) is 0 Å². The molecule has 58 valence electrons. The Balaban J connectivity index is 2.60. The second-order valence-electron chi connectivity index (χ2n) is 2.45. The van der Waals surface area contributed by atoms with Gasteiger partial charge >= 0.3 is 0 Å². The molecule has 2 heterocycles. The average Bonchev–Trinajstić information content (AvgIpc) is 2.34. The van der Waals surface area contributed by atoms with E-state index < -0.39 is 0 Å². The van der Waals surface area contributed by atoms with Crippen LogP contribution in [-0.2, 0) is 18.0 Å². The highest BCUT2D eigenvalue weighted by Gasteiger charge is 2.20. The molecule has 0 bridgehead atoms. The highest BCUT2D eigenvalue weighted by Crippen LogP contribution is 2.19. The van der Waals surface area contributed by atoms with Crippen LogP contribution >= 0.6 is 15.9 Å². The monoisotopic (exact) mass is 215 g/mol. The number of rotatable bonds is 0. The predicted octanol–water partition coefficient (Wildman–Crippen LogP) is 1.11. The number of nitrogens with zero attached hydrogens (tertiary/aromatic N) is 1. The maximum absolute atomic E-state index is 11.1. The number of hydrogen-bond acceptors (Lipinski definition) is 2. The minimum absolute atomic E-state index is 0.437. The summed E-state index contributed by atoms with van der Waals surface area (Å²) < 4.78 is 6.77. The lowest BCUT2D eigenvalue weighted by Gasteiger charge is -2.00. The van der Waals surface area contributed by atoms with Gasteiger partial charge in [0.05, 0.1) is 11.1 Å². The van der Waals surface area contributed by atoms with Gasteiger partial charge < -0.3 is 9.94 Å². The van der Waals surface area contributed by atoms with Crippen LogP contribution < -0.4 is 4.73 Å². The Labute approximate surface area is 72.3 Å². The number of ether oxygens (including phenoxy) is 1. The van der Waals surface area contributed by atoms with Gasteiger partial charge in [0.2, 0.25) is 5.69 Å². The smallest absolute Gasteiger partial charge is 0.224 e. The Morgan fingerprint density at radius 2 is 2.36 bits per heavy atom. The molecule has 0 saturated heterocycles. The summed E-state index contributed by atoms with van der Waals surface area (Å²) in [5.74, 6) is 0. The van der Waals surface area contributed by atoms with E-state index in [-0.39, 0.29) is 0 Å². The first-order chi connectivity index (χ1) is 5.27. The predicted molar refractivity (Wildman–Crippen MR) is 41.6 cm³/mol. The summed E-state index contributed by atoms with van der Waals surface area (Å²) in [7, 11) is 0. The molecule has 0 fully saturated rings. The van der Waals surface area contributed by atoms with Gasteiger partial charge in [0.25, 0.3) is 0 Å². The third kappa shape index (κ3) is 1.12. The fourth-order valence-corrected chi connectivity index (χ4v) is 1.62. The van der Waals surface area contributed by atoms with Crippen LogP contribution in [0.15, 0.2) is 16.7 Å². The fourth-order valence-electron chi connectivity index (χ4n) is 1.16. The average molecular weight is 216 g/mol. The lowest BCUT2D eigenvalue weighted by Crippen LogP contribution is -2.31. The van der Waals surface area contributed by atoms with Crippen molar-refractivity contribution in [1.29, 1.82) is 0 Å². The lowest BCUT2D eigenvalue weighted by atomic mass is 10.2. The SMILES string of the molecule is [O-][n+]1cc(Br)cc2c1COC2. The van der Waals surface area contributed by atoms with Crippen molar-refractivity contribution in [3.8, 4) is 0 Å².